The van der Waals surface area contributed by atoms with Gasteiger partial charge >= 0.3 is 0 Å². The van der Waals surface area contributed by atoms with Gasteiger partial charge in [-0.2, -0.15) is 5.26 Å². The van der Waals surface area contributed by atoms with Gasteiger partial charge in [-0.15, -0.1) is 0 Å². The highest BCUT2D eigenvalue weighted by atomic mass is 14.9. The van der Waals surface area contributed by atoms with Crippen LogP contribution in [0.25, 0.3) is 10.9 Å². The number of rotatable bonds is 2. The van der Waals surface area contributed by atoms with Crippen molar-refractivity contribution in [2.75, 3.05) is 0 Å². The number of nitriles is 1. The molecule has 0 aliphatic heterocycles. The number of fused-ring (bicyclic) bond motifs is 1. The molecule has 1 atom stereocenters. The molecule has 0 aliphatic rings. The van der Waals surface area contributed by atoms with Crippen LogP contribution in [0.3, 0.4) is 0 Å². The molecule has 0 spiro atoms. The number of nitrogens with two attached hydrogens (primary N) is 1. The van der Waals surface area contributed by atoms with E-state index in [9.17, 15) is 0 Å². The van der Waals surface area contributed by atoms with Gasteiger partial charge in [0.15, 0.2) is 0 Å². The number of hydrogen-bond acceptors (Lipinski definition) is 2. The second-order valence-corrected chi connectivity index (χ2v) is 5.02. The van der Waals surface area contributed by atoms with Crippen LogP contribution in [0.1, 0.15) is 25.5 Å². The zero-order valence-corrected chi connectivity index (χ0v) is 10.4. The van der Waals surface area contributed by atoms with E-state index in [1.807, 2.05) is 39.2 Å². The lowest BCUT2D eigenvalue weighted by atomic mass is 9.82. The summed E-state index contributed by atoms with van der Waals surface area (Å²) in [4.78, 5) is 0. The third-order valence-electron chi connectivity index (χ3n) is 3.33. The Balaban J connectivity index is 2.61. The Morgan fingerprint density at radius 2 is 2.00 bits per heavy atom. The summed E-state index contributed by atoms with van der Waals surface area (Å²) >= 11 is 0. The average Bonchev–Trinajstić information content (AvgIpc) is 2.66. The monoisotopic (exact) mass is 227 g/mol. The quantitative estimate of drug-likeness (QED) is 0.857. The van der Waals surface area contributed by atoms with Crippen LogP contribution < -0.4 is 5.73 Å². The molecule has 1 aromatic heterocycles. The summed E-state index contributed by atoms with van der Waals surface area (Å²) in [5, 5.41) is 10.3. The zero-order valence-electron chi connectivity index (χ0n) is 10.4. The van der Waals surface area contributed by atoms with Crippen LogP contribution in [0.4, 0.5) is 0 Å². The molecule has 88 valence electrons. The number of aromatic nitrogens is 1. The Hall–Kier alpha value is -1.79. The van der Waals surface area contributed by atoms with Gasteiger partial charge in [-0.1, -0.05) is 18.2 Å². The molecule has 17 heavy (non-hydrogen) atoms. The topological polar surface area (TPSA) is 54.7 Å². The third kappa shape index (κ3) is 1.81. The zero-order chi connectivity index (χ0) is 12.6. The minimum Gasteiger partial charge on any atom is -0.350 e. The lowest BCUT2D eigenvalue weighted by Gasteiger charge is -2.23. The van der Waals surface area contributed by atoms with Crippen molar-refractivity contribution in [1.82, 2.24) is 4.57 Å². The van der Waals surface area contributed by atoms with E-state index < -0.39 is 5.41 Å². The van der Waals surface area contributed by atoms with E-state index in [0.29, 0.717) is 0 Å². The average molecular weight is 227 g/mol. The van der Waals surface area contributed by atoms with E-state index in [2.05, 4.69) is 22.8 Å². The van der Waals surface area contributed by atoms with Crippen LogP contribution >= 0.6 is 0 Å². The third-order valence-corrected chi connectivity index (χ3v) is 3.33. The number of hydrogen-bond donors (Lipinski definition) is 1. The van der Waals surface area contributed by atoms with Crippen molar-refractivity contribution in [3.05, 3.63) is 36.0 Å². The summed E-state index contributed by atoms with van der Waals surface area (Å²) in [6, 6.07) is 10.1. The van der Waals surface area contributed by atoms with Gasteiger partial charge in [-0.3, -0.25) is 0 Å². The molecule has 3 heteroatoms. The van der Waals surface area contributed by atoms with E-state index in [0.717, 1.165) is 16.5 Å². The van der Waals surface area contributed by atoms with Crippen molar-refractivity contribution in [2.24, 2.45) is 18.2 Å². The summed E-state index contributed by atoms with van der Waals surface area (Å²) in [5.74, 6) is 0. The predicted octanol–water partition coefficient (Wildman–Crippen LogP) is 2.73. The van der Waals surface area contributed by atoms with Gasteiger partial charge in [0.2, 0.25) is 0 Å². The van der Waals surface area contributed by atoms with E-state index in [4.69, 9.17) is 11.0 Å². The molecule has 2 aromatic rings. The maximum atomic E-state index is 9.17. The maximum Gasteiger partial charge on any atom is 0.0710 e. The number of para-hydroxylation sites is 1. The smallest absolute Gasteiger partial charge is 0.0710 e. The van der Waals surface area contributed by atoms with Crippen LogP contribution in [-0.2, 0) is 7.05 Å². The van der Waals surface area contributed by atoms with Gasteiger partial charge in [0.1, 0.15) is 0 Å². The molecule has 2 rings (SSSR count). The fourth-order valence-electron chi connectivity index (χ4n) is 2.08. The van der Waals surface area contributed by atoms with Crippen LogP contribution in [0.5, 0.6) is 0 Å². The first kappa shape index (κ1) is 11.7. The van der Waals surface area contributed by atoms with Crippen molar-refractivity contribution in [2.45, 2.75) is 19.9 Å². The van der Waals surface area contributed by atoms with E-state index in [1.165, 1.54) is 0 Å². The van der Waals surface area contributed by atoms with Crippen LogP contribution in [-0.4, -0.2) is 4.57 Å². The van der Waals surface area contributed by atoms with Crippen molar-refractivity contribution >= 4 is 10.9 Å². The highest BCUT2D eigenvalue weighted by Gasteiger charge is 2.29. The first-order valence-corrected chi connectivity index (χ1v) is 5.68. The highest BCUT2D eigenvalue weighted by molar-refractivity contribution is 5.84. The summed E-state index contributed by atoms with van der Waals surface area (Å²) in [7, 11) is 2.00. The first-order chi connectivity index (χ1) is 7.97. The number of benzene rings is 1. The molecule has 0 fully saturated rings. The Labute approximate surface area is 101 Å². The second-order valence-electron chi connectivity index (χ2n) is 5.02. The van der Waals surface area contributed by atoms with Gasteiger partial charge in [0.25, 0.3) is 0 Å². The van der Waals surface area contributed by atoms with Gasteiger partial charge in [0.05, 0.1) is 11.5 Å². The second kappa shape index (κ2) is 3.90. The van der Waals surface area contributed by atoms with Crippen LogP contribution in [0.2, 0.25) is 0 Å². The molecular weight excluding hydrogens is 210 g/mol. The minimum absolute atomic E-state index is 0.279. The van der Waals surface area contributed by atoms with E-state index >= 15 is 0 Å². The largest absolute Gasteiger partial charge is 0.350 e. The molecule has 2 N–H and O–H groups in total. The lowest BCUT2D eigenvalue weighted by molar-refractivity contribution is 0.395. The van der Waals surface area contributed by atoms with Gasteiger partial charge in [-0.25, -0.2) is 0 Å². The molecule has 0 radical (unpaired) electrons. The normalized spacial score (nSPS) is 13.6. The molecule has 3 nitrogen and oxygen atoms in total. The maximum absolute atomic E-state index is 9.17. The van der Waals surface area contributed by atoms with Gasteiger partial charge < -0.3 is 10.3 Å². The van der Waals surface area contributed by atoms with Crippen molar-refractivity contribution in [3.8, 4) is 6.07 Å². The molecule has 0 saturated heterocycles. The van der Waals surface area contributed by atoms with Crippen molar-refractivity contribution < 1.29 is 0 Å². The first-order valence-electron chi connectivity index (χ1n) is 5.68. The molecule has 1 aromatic carbocycles. The van der Waals surface area contributed by atoms with E-state index in [-0.39, 0.29) is 6.04 Å². The SMILES string of the molecule is Cn1cc(C(N)C(C)(C)C#N)c2ccccc21. The number of aryl methyl sites for hydroxylation is 1. The van der Waals surface area contributed by atoms with E-state index in [1.54, 1.807) is 0 Å². The molecule has 0 aliphatic carbocycles. The van der Waals surface area contributed by atoms with Gasteiger partial charge in [-0.05, 0) is 25.5 Å². The predicted molar refractivity (Wildman–Crippen MR) is 69.2 cm³/mol. The molecule has 0 bridgehead atoms. The summed E-state index contributed by atoms with van der Waals surface area (Å²) < 4.78 is 2.05. The molecule has 0 amide bonds. The Bertz CT molecular complexity index is 587. The fourth-order valence-corrected chi connectivity index (χ4v) is 2.08. The summed E-state index contributed by atoms with van der Waals surface area (Å²) in [5.41, 5.74) is 7.84. The number of nitrogens with zero attached hydrogens (tertiary/aromatic N) is 2. The Morgan fingerprint density at radius 1 is 1.35 bits per heavy atom. The summed E-state index contributed by atoms with van der Waals surface area (Å²) in [6.45, 7) is 3.75. The summed E-state index contributed by atoms with van der Waals surface area (Å²) in [6.07, 6.45) is 2.02. The van der Waals surface area contributed by atoms with Crippen molar-refractivity contribution in [3.63, 3.8) is 0 Å². The van der Waals surface area contributed by atoms with Gasteiger partial charge in [0, 0.05) is 30.2 Å². The van der Waals surface area contributed by atoms with Crippen LogP contribution in [0, 0.1) is 16.7 Å². The lowest BCUT2D eigenvalue weighted by Crippen LogP contribution is -2.27. The molecule has 1 heterocycles. The molecule has 0 saturated carbocycles. The van der Waals surface area contributed by atoms with Crippen LogP contribution in [0.15, 0.2) is 30.5 Å². The standard InChI is InChI=1S/C14H17N3/c1-14(2,9-15)13(16)11-8-17(3)12-7-5-4-6-10(11)12/h4-8,13H,16H2,1-3H3. The highest BCUT2D eigenvalue weighted by Crippen LogP contribution is 2.35. The minimum atomic E-state index is -0.565. The molecular formula is C14H17N3. The Kier molecular flexibility index (Phi) is 2.68. The molecule has 1 unspecified atom stereocenters. The fraction of sp³-hybridized carbons (Fsp3) is 0.357. The van der Waals surface area contributed by atoms with Crippen molar-refractivity contribution in [1.29, 1.82) is 5.26 Å². The Morgan fingerprint density at radius 3 is 2.65 bits per heavy atom.